The van der Waals surface area contributed by atoms with Gasteiger partial charge in [-0.3, -0.25) is 14.4 Å². The lowest BCUT2D eigenvalue weighted by Gasteiger charge is -2.42. The Morgan fingerprint density at radius 2 is 1.94 bits per heavy atom. The number of carbonyl (C=O) groups is 3. The van der Waals surface area contributed by atoms with Gasteiger partial charge in [0, 0.05) is 18.3 Å². The van der Waals surface area contributed by atoms with Gasteiger partial charge in [0.05, 0.1) is 29.2 Å². The van der Waals surface area contributed by atoms with Gasteiger partial charge < -0.3 is 20.6 Å². The van der Waals surface area contributed by atoms with Crippen molar-refractivity contribution in [2.24, 2.45) is 23.7 Å². The first-order chi connectivity index (χ1) is 15.3. The molecule has 180 valence electrons. The van der Waals surface area contributed by atoms with Crippen LogP contribution in [0.15, 0.2) is 0 Å². The summed E-state index contributed by atoms with van der Waals surface area (Å²) in [6.07, 6.45) is 7.02. The van der Waals surface area contributed by atoms with Gasteiger partial charge in [-0.15, -0.1) is 11.8 Å². The summed E-state index contributed by atoms with van der Waals surface area (Å²) in [6.45, 7) is 6.03. The molecule has 4 aliphatic rings. The average molecular weight is 466 g/mol. The zero-order valence-electron chi connectivity index (χ0n) is 19.8. The van der Waals surface area contributed by atoms with E-state index in [1.165, 1.54) is 6.42 Å². The van der Waals surface area contributed by atoms with E-state index in [2.05, 4.69) is 17.6 Å². The van der Waals surface area contributed by atoms with Crippen LogP contribution in [0.3, 0.4) is 0 Å². The molecule has 1 saturated carbocycles. The van der Waals surface area contributed by atoms with E-state index in [1.54, 1.807) is 23.7 Å². The summed E-state index contributed by atoms with van der Waals surface area (Å²) < 4.78 is -0.613. The second-order valence-corrected chi connectivity index (χ2v) is 11.9. The highest BCUT2D eigenvalue weighted by molar-refractivity contribution is 8.02. The van der Waals surface area contributed by atoms with Crippen LogP contribution in [0, 0.1) is 23.7 Å². The highest BCUT2D eigenvalue weighted by Crippen LogP contribution is 2.68. The standard InChI is InChI=1S/C24H39N3O4S/c1-5-13(2)16(12-28)27-20(22(30)26-15-9-7-6-8-10-15)24-14(3)11-17(32-24)18(21(29)25-4)19(24)23(27)31/h13-20,28H,5-12H2,1-4H3,(H,25,29)(H,26,30)/t13-,14?,16-,17+,18-,19-,20?,24?/m0/s1. The van der Waals surface area contributed by atoms with Gasteiger partial charge in [0.2, 0.25) is 17.7 Å². The Kier molecular flexibility index (Phi) is 6.83. The Balaban J connectivity index is 1.76. The minimum Gasteiger partial charge on any atom is -0.394 e. The fourth-order valence-corrected chi connectivity index (χ4v) is 9.33. The Bertz CT molecular complexity index is 758. The smallest absolute Gasteiger partial charge is 0.244 e. The topological polar surface area (TPSA) is 98.7 Å². The fourth-order valence-electron chi connectivity index (χ4n) is 6.92. The van der Waals surface area contributed by atoms with Crippen molar-refractivity contribution in [1.82, 2.24) is 15.5 Å². The summed E-state index contributed by atoms with van der Waals surface area (Å²) in [5, 5.41) is 16.4. The summed E-state index contributed by atoms with van der Waals surface area (Å²) in [7, 11) is 1.62. The predicted octanol–water partition coefficient (Wildman–Crippen LogP) is 1.93. The van der Waals surface area contributed by atoms with Crippen molar-refractivity contribution in [2.75, 3.05) is 13.7 Å². The third-order valence-corrected chi connectivity index (χ3v) is 10.9. The third-order valence-electron chi connectivity index (χ3n) is 8.78. The Hall–Kier alpha value is -1.28. The number of thioether (sulfide) groups is 1. The lowest BCUT2D eigenvalue weighted by Crippen LogP contribution is -2.60. The summed E-state index contributed by atoms with van der Waals surface area (Å²) in [6, 6.07) is -0.923. The van der Waals surface area contributed by atoms with Crippen LogP contribution >= 0.6 is 11.8 Å². The van der Waals surface area contributed by atoms with Gasteiger partial charge in [-0.2, -0.15) is 0 Å². The fraction of sp³-hybridized carbons (Fsp3) is 0.875. The lowest BCUT2D eigenvalue weighted by atomic mass is 9.66. The maximum atomic E-state index is 14.0. The van der Waals surface area contributed by atoms with E-state index < -0.39 is 28.7 Å². The van der Waals surface area contributed by atoms with E-state index in [4.69, 9.17) is 0 Å². The minimum atomic E-state index is -0.646. The van der Waals surface area contributed by atoms with Crippen LogP contribution in [-0.4, -0.2) is 69.5 Å². The summed E-state index contributed by atoms with van der Waals surface area (Å²) in [5.41, 5.74) is 0. The monoisotopic (exact) mass is 465 g/mol. The number of aliphatic hydroxyl groups is 1. The van der Waals surface area contributed by atoms with E-state index in [1.807, 2.05) is 13.8 Å². The SMILES string of the molecule is CC[C@H](C)[C@H](CO)N1C(=O)[C@@H]2[C@@H](C(=O)NC)[C@H]3CC(C)C2(S3)C1C(=O)NC1CCCCC1. The molecule has 8 atom stereocenters. The summed E-state index contributed by atoms with van der Waals surface area (Å²) >= 11 is 1.70. The van der Waals surface area contributed by atoms with Crippen molar-refractivity contribution in [3.63, 3.8) is 0 Å². The van der Waals surface area contributed by atoms with E-state index >= 15 is 0 Å². The van der Waals surface area contributed by atoms with Crippen molar-refractivity contribution in [3.05, 3.63) is 0 Å². The first-order valence-electron chi connectivity index (χ1n) is 12.4. The molecule has 2 bridgehead atoms. The first kappa shape index (κ1) is 23.9. The van der Waals surface area contributed by atoms with Crippen LogP contribution < -0.4 is 10.6 Å². The molecule has 4 fully saturated rings. The molecular formula is C24H39N3O4S. The second-order valence-electron chi connectivity index (χ2n) is 10.4. The Morgan fingerprint density at radius 3 is 2.53 bits per heavy atom. The van der Waals surface area contributed by atoms with Crippen LogP contribution in [0.1, 0.15) is 65.7 Å². The Labute approximate surface area is 195 Å². The van der Waals surface area contributed by atoms with E-state index in [0.717, 1.165) is 38.5 Å². The highest BCUT2D eigenvalue weighted by Gasteiger charge is 2.76. The lowest BCUT2D eigenvalue weighted by molar-refractivity contribution is -0.144. The van der Waals surface area contributed by atoms with E-state index in [-0.39, 0.29) is 47.5 Å². The molecule has 32 heavy (non-hydrogen) atoms. The van der Waals surface area contributed by atoms with Crippen molar-refractivity contribution < 1.29 is 19.5 Å². The zero-order valence-corrected chi connectivity index (χ0v) is 20.6. The number of aliphatic hydroxyl groups excluding tert-OH is 1. The molecule has 8 heteroatoms. The summed E-state index contributed by atoms with van der Waals surface area (Å²) in [5.74, 6) is -1.04. The molecule has 7 nitrogen and oxygen atoms in total. The number of carbonyl (C=O) groups excluding carboxylic acids is 3. The molecule has 1 spiro atoms. The zero-order chi connectivity index (χ0) is 23.2. The Morgan fingerprint density at radius 1 is 1.25 bits per heavy atom. The van der Waals surface area contributed by atoms with Crippen LogP contribution in [0.4, 0.5) is 0 Å². The number of fused-ring (bicyclic) bond motifs is 1. The van der Waals surface area contributed by atoms with Crippen LogP contribution in [-0.2, 0) is 14.4 Å². The van der Waals surface area contributed by atoms with E-state index in [0.29, 0.717) is 0 Å². The van der Waals surface area contributed by atoms with Gasteiger partial charge in [0.25, 0.3) is 0 Å². The molecule has 0 aromatic heterocycles. The molecule has 3 N–H and O–H groups in total. The highest BCUT2D eigenvalue weighted by atomic mass is 32.2. The maximum absolute atomic E-state index is 14.0. The van der Waals surface area contributed by atoms with Crippen LogP contribution in [0.2, 0.25) is 0 Å². The quantitative estimate of drug-likeness (QED) is 0.534. The second kappa shape index (κ2) is 9.16. The summed E-state index contributed by atoms with van der Waals surface area (Å²) in [4.78, 5) is 42.5. The largest absolute Gasteiger partial charge is 0.394 e. The number of hydrogen-bond acceptors (Lipinski definition) is 5. The molecule has 3 amide bonds. The molecule has 0 radical (unpaired) electrons. The number of amides is 3. The molecule has 1 aliphatic carbocycles. The van der Waals surface area contributed by atoms with Crippen LogP contribution in [0.5, 0.6) is 0 Å². The number of rotatable bonds is 7. The molecule has 3 aliphatic heterocycles. The van der Waals surface area contributed by atoms with Crippen molar-refractivity contribution in [2.45, 2.75) is 93.8 Å². The van der Waals surface area contributed by atoms with Gasteiger partial charge in [0.15, 0.2) is 0 Å². The van der Waals surface area contributed by atoms with Gasteiger partial charge >= 0.3 is 0 Å². The number of hydrogen-bond donors (Lipinski definition) is 3. The van der Waals surface area contributed by atoms with Crippen molar-refractivity contribution >= 4 is 29.5 Å². The molecule has 0 aromatic carbocycles. The number of nitrogens with zero attached hydrogens (tertiary/aromatic N) is 1. The minimum absolute atomic E-state index is 0.0557. The third kappa shape index (κ3) is 3.47. The molecule has 0 aromatic rings. The molecule has 3 heterocycles. The normalized spacial score (nSPS) is 38.5. The van der Waals surface area contributed by atoms with Gasteiger partial charge in [0.1, 0.15) is 6.04 Å². The van der Waals surface area contributed by atoms with Gasteiger partial charge in [-0.05, 0) is 31.1 Å². The predicted molar refractivity (Wildman–Crippen MR) is 125 cm³/mol. The number of nitrogens with one attached hydrogen (secondary N) is 2. The van der Waals surface area contributed by atoms with Crippen molar-refractivity contribution in [3.8, 4) is 0 Å². The van der Waals surface area contributed by atoms with Gasteiger partial charge in [-0.1, -0.05) is 46.5 Å². The molecule has 4 rings (SSSR count). The van der Waals surface area contributed by atoms with Crippen molar-refractivity contribution in [1.29, 1.82) is 0 Å². The molecule has 3 saturated heterocycles. The first-order valence-corrected chi connectivity index (χ1v) is 13.3. The maximum Gasteiger partial charge on any atom is 0.244 e. The molecule has 3 unspecified atom stereocenters. The number of likely N-dealkylation sites (tertiary alicyclic amines) is 1. The molecular weight excluding hydrogens is 426 g/mol. The average Bonchev–Trinajstić information content (AvgIpc) is 3.38. The van der Waals surface area contributed by atoms with E-state index in [9.17, 15) is 19.5 Å². The van der Waals surface area contributed by atoms with Crippen LogP contribution in [0.25, 0.3) is 0 Å². The van der Waals surface area contributed by atoms with Gasteiger partial charge in [-0.25, -0.2) is 0 Å².